The number of anilines is 2. The average Bonchev–Trinajstić information content (AvgIpc) is 2.49. The Hall–Kier alpha value is -2.82. The van der Waals surface area contributed by atoms with Crippen LogP contribution in [0, 0.1) is 12.3 Å². The smallest absolute Gasteiger partial charge is 0.255 e. The first-order chi connectivity index (χ1) is 11.2. The van der Waals surface area contributed by atoms with E-state index in [1.165, 1.54) is 0 Å². The number of carbonyl (C=O) groups is 2. The third kappa shape index (κ3) is 4.35. The van der Waals surface area contributed by atoms with E-state index in [4.69, 9.17) is 0 Å². The quantitative estimate of drug-likeness (QED) is 0.748. The molecule has 0 spiro atoms. The minimum absolute atomic E-state index is 0.0144. The summed E-state index contributed by atoms with van der Waals surface area (Å²) in [5.41, 5.74) is 1.66. The van der Waals surface area contributed by atoms with Crippen molar-refractivity contribution in [3.63, 3.8) is 0 Å². The number of hydrogen-bond acceptors (Lipinski definition) is 3. The minimum atomic E-state index is -0.522. The van der Waals surface area contributed by atoms with Crippen molar-refractivity contribution in [2.75, 3.05) is 10.6 Å². The molecule has 126 valence electrons. The van der Waals surface area contributed by atoms with E-state index in [0.717, 1.165) is 5.56 Å². The Labute approximate surface area is 141 Å². The number of aryl methyl sites for hydroxylation is 1. The van der Waals surface area contributed by atoms with Gasteiger partial charge in [0.05, 0.1) is 5.69 Å². The normalized spacial score (nSPS) is 11.0. The number of hydrogen-bond donors (Lipinski definition) is 3. The lowest BCUT2D eigenvalue weighted by molar-refractivity contribution is -0.123. The summed E-state index contributed by atoms with van der Waals surface area (Å²) in [7, 11) is 0. The fraction of sp³-hybridized carbons (Fsp3) is 0.263. The lowest BCUT2D eigenvalue weighted by Crippen LogP contribution is -2.27. The Balaban J connectivity index is 2.16. The number of phenols is 1. The van der Waals surface area contributed by atoms with E-state index in [9.17, 15) is 14.7 Å². The highest BCUT2D eigenvalue weighted by atomic mass is 16.3. The summed E-state index contributed by atoms with van der Waals surface area (Å²) in [6.07, 6.45) is 0. The molecule has 0 saturated carbocycles. The Morgan fingerprint density at radius 2 is 1.71 bits per heavy atom. The molecule has 0 atom stereocenters. The number of nitrogens with one attached hydrogen (secondary N) is 2. The first-order valence-corrected chi connectivity index (χ1v) is 7.69. The summed E-state index contributed by atoms with van der Waals surface area (Å²) in [6.45, 7) is 7.31. The molecule has 0 heterocycles. The molecule has 2 aromatic rings. The Morgan fingerprint density at radius 3 is 2.33 bits per heavy atom. The average molecular weight is 326 g/mol. The van der Waals surface area contributed by atoms with Crippen LogP contribution >= 0.6 is 0 Å². The standard InChI is InChI=1S/C19H22N2O3/c1-12-8-9-15(16(22)10-12)21-17(23)13-6-5-7-14(11-13)20-18(24)19(2,3)4/h5-11,22H,1-4H3,(H,20,24)(H,21,23). The van der Waals surface area contributed by atoms with Gasteiger partial charge < -0.3 is 15.7 Å². The minimum Gasteiger partial charge on any atom is -0.506 e. The monoisotopic (exact) mass is 326 g/mol. The molecule has 2 aromatic carbocycles. The first-order valence-electron chi connectivity index (χ1n) is 7.69. The zero-order chi connectivity index (χ0) is 17.9. The van der Waals surface area contributed by atoms with Gasteiger partial charge in [0.2, 0.25) is 5.91 Å². The molecule has 24 heavy (non-hydrogen) atoms. The van der Waals surface area contributed by atoms with Crippen LogP contribution in [0.15, 0.2) is 42.5 Å². The Kier molecular flexibility index (Phi) is 4.93. The van der Waals surface area contributed by atoms with Gasteiger partial charge in [0, 0.05) is 16.7 Å². The van der Waals surface area contributed by atoms with Crippen molar-refractivity contribution in [1.82, 2.24) is 0 Å². The van der Waals surface area contributed by atoms with Crippen molar-refractivity contribution >= 4 is 23.2 Å². The molecule has 0 unspecified atom stereocenters. The fourth-order valence-electron chi connectivity index (χ4n) is 2.00. The van der Waals surface area contributed by atoms with Gasteiger partial charge in [-0.1, -0.05) is 32.9 Å². The lowest BCUT2D eigenvalue weighted by atomic mass is 9.95. The number of carbonyl (C=O) groups excluding carboxylic acids is 2. The number of amides is 2. The molecule has 5 nitrogen and oxygen atoms in total. The van der Waals surface area contributed by atoms with Gasteiger partial charge in [-0.2, -0.15) is 0 Å². The van der Waals surface area contributed by atoms with Gasteiger partial charge in [-0.25, -0.2) is 0 Å². The molecule has 2 amide bonds. The fourth-order valence-corrected chi connectivity index (χ4v) is 2.00. The zero-order valence-electron chi connectivity index (χ0n) is 14.3. The van der Waals surface area contributed by atoms with Crippen LogP contribution in [0.1, 0.15) is 36.7 Å². The van der Waals surface area contributed by atoms with Crippen LogP contribution < -0.4 is 10.6 Å². The third-order valence-corrected chi connectivity index (χ3v) is 3.47. The van der Waals surface area contributed by atoms with E-state index in [-0.39, 0.29) is 17.6 Å². The van der Waals surface area contributed by atoms with E-state index in [1.54, 1.807) is 42.5 Å². The molecule has 3 N–H and O–H groups in total. The maximum atomic E-state index is 12.4. The highest BCUT2D eigenvalue weighted by Crippen LogP contribution is 2.25. The van der Waals surface area contributed by atoms with Gasteiger partial charge in [-0.3, -0.25) is 9.59 Å². The van der Waals surface area contributed by atoms with E-state index >= 15 is 0 Å². The molecular formula is C19H22N2O3. The number of phenolic OH excluding ortho intramolecular Hbond substituents is 1. The second kappa shape index (κ2) is 6.74. The molecule has 0 aliphatic rings. The van der Waals surface area contributed by atoms with Crippen molar-refractivity contribution in [2.24, 2.45) is 5.41 Å². The lowest BCUT2D eigenvalue weighted by Gasteiger charge is -2.18. The second-order valence-electron chi connectivity index (χ2n) is 6.76. The second-order valence-corrected chi connectivity index (χ2v) is 6.76. The maximum Gasteiger partial charge on any atom is 0.255 e. The summed E-state index contributed by atoms with van der Waals surface area (Å²) in [5, 5.41) is 15.3. The van der Waals surface area contributed by atoms with E-state index < -0.39 is 5.41 Å². The van der Waals surface area contributed by atoms with Crippen molar-refractivity contribution in [1.29, 1.82) is 0 Å². The van der Waals surface area contributed by atoms with Crippen molar-refractivity contribution in [3.8, 4) is 5.75 Å². The molecule has 0 radical (unpaired) electrons. The Morgan fingerprint density at radius 1 is 1.00 bits per heavy atom. The third-order valence-electron chi connectivity index (χ3n) is 3.47. The van der Waals surface area contributed by atoms with Crippen molar-refractivity contribution in [3.05, 3.63) is 53.6 Å². The van der Waals surface area contributed by atoms with Crippen molar-refractivity contribution in [2.45, 2.75) is 27.7 Å². The molecule has 2 rings (SSSR count). The van der Waals surface area contributed by atoms with Crippen LogP contribution in [-0.2, 0) is 4.79 Å². The highest BCUT2D eigenvalue weighted by molar-refractivity contribution is 6.06. The van der Waals surface area contributed by atoms with Crippen LogP contribution in [0.4, 0.5) is 11.4 Å². The van der Waals surface area contributed by atoms with Crippen molar-refractivity contribution < 1.29 is 14.7 Å². The highest BCUT2D eigenvalue weighted by Gasteiger charge is 2.21. The largest absolute Gasteiger partial charge is 0.506 e. The number of benzene rings is 2. The van der Waals surface area contributed by atoms with E-state index in [1.807, 2.05) is 27.7 Å². The van der Waals surface area contributed by atoms with Gasteiger partial charge in [0.1, 0.15) is 5.75 Å². The van der Waals surface area contributed by atoms with Crippen LogP contribution in [0.3, 0.4) is 0 Å². The molecule has 5 heteroatoms. The van der Waals surface area contributed by atoms with Gasteiger partial charge in [-0.05, 0) is 42.8 Å². The summed E-state index contributed by atoms with van der Waals surface area (Å²) in [4.78, 5) is 24.4. The maximum absolute atomic E-state index is 12.4. The predicted molar refractivity (Wildman–Crippen MR) is 95.3 cm³/mol. The molecule has 0 aliphatic carbocycles. The van der Waals surface area contributed by atoms with Crippen LogP contribution in [0.25, 0.3) is 0 Å². The molecular weight excluding hydrogens is 304 g/mol. The summed E-state index contributed by atoms with van der Waals surface area (Å²) in [6, 6.07) is 11.7. The first kappa shape index (κ1) is 17.5. The predicted octanol–water partition coefficient (Wildman–Crippen LogP) is 3.94. The SMILES string of the molecule is Cc1ccc(NC(=O)c2cccc(NC(=O)C(C)(C)C)c2)c(O)c1. The van der Waals surface area contributed by atoms with Gasteiger partial charge >= 0.3 is 0 Å². The van der Waals surface area contributed by atoms with Crippen LogP contribution in [-0.4, -0.2) is 16.9 Å². The topological polar surface area (TPSA) is 78.4 Å². The Bertz CT molecular complexity index is 776. The number of rotatable bonds is 3. The number of aromatic hydroxyl groups is 1. The molecule has 0 aromatic heterocycles. The van der Waals surface area contributed by atoms with E-state index in [2.05, 4.69) is 10.6 Å². The summed E-state index contributed by atoms with van der Waals surface area (Å²) < 4.78 is 0. The molecule has 0 saturated heterocycles. The van der Waals surface area contributed by atoms with Crippen LogP contribution in [0.2, 0.25) is 0 Å². The summed E-state index contributed by atoms with van der Waals surface area (Å²) in [5.74, 6) is -0.474. The van der Waals surface area contributed by atoms with Gasteiger partial charge in [-0.15, -0.1) is 0 Å². The van der Waals surface area contributed by atoms with Crippen LogP contribution in [0.5, 0.6) is 5.75 Å². The molecule has 0 fully saturated rings. The van der Waals surface area contributed by atoms with E-state index in [0.29, 0.717) is 16.9 Å². The summed E-state index contributed by atoms with van der Waals surface area (Å²) >= 11 is 0. The van der Waals surface area contributed by atoms with Gasteiger partial charge in [0.25, 0.3) is 5.91 Å². The molecule has 0 aliphatic heterocycles. The molecule has 0 bridgehead atoms. The van der Waals surface area contributed by atoms with Gasteiger partial charge in [0.15, 0.2) is 0 Å². The zero-order valence-corrected chi connectivity index (χ0v) is 14.3.